The smallest absolute Gasteiger partial charge is 0.276 e. The lowest BCUT2D eigenvalue weighted by molar-refractivity contribution is 0.102. The zero-order chi connectivity index (χ0) is 15.2. The molecule has 1 heterocycles. The Morgan fingerprint density at radius 1 is 1.43 bits per heavy atom. The van der Waals surface area contributed by atoms with Crippen molar-refractivity contribution in [2.75, 3.05) is 12.4 Å². The third-order valence-electron chi connectivity index (χ3n) is 3.09. The lowest BCUT2D eigenvalue weighted by atomic mass is 10.2. The summed E-state index contributed by atoms with van der Waals surface area (Å²) in [5, 5.41) is 18.9. The van der Waals surface area contributed by atoms with Gasteiger partial charge in [-0.2, -0.15) is 5.10 Å². The molecule has 3 N–H and O–H groups in total. The van der Waals surface area contributed by atoms with Crippen molar-refractivity contribution >= 4 is 11.6 Å². The quantitative estimate of drug-likeness (QED) is 0.760. The monoisotopic (exact) mass is 289 g/mol. The third-order valence-corrected chi connectivity index (χ3v) is 3.09. The molecule has 6 heteroatoms. The predicted molar refractivity (Wildman–Crippen MR) is 79.5 cm³/mol. The van der Waals surface area contributed by atoms with Crippen LogP contribution in [0.15, 0.2) is 24.3 Å². The average molecular weight is 289 g/mol. The van der Waals surface area contributed by atoms with Gasteiger partial charge in [-0.25, -0.2) is 0 Å². The summed E-state index contributed by atoms with van der Waals surface area (Å²) in [6.07, 6.45) is 1.85. The fraction of sp³-hybridized carbons (Fsp3) is 0.333. The Morgan fingerprint density at radius 2 is 2.24 bits per heavy atom. The highest BCUT2D eigenvalue weighted by molar-refractivity contribution is 6.03. The summed E-state index contributed by atoms with van der Waals surface area (Å²) in [5.41, 5.74) is 2.49. The average Bonchev–Trinajstić information content (AvgIpc) is 2.96. The van der Waals surface area contributed by atoms with Crippen LogP contribution in [0.25, 0.3) is 0 Å². The minimum Gasteiger partial charge on any atom is -0.496 e. The van der Waals surface area contributed by atoms with Gasteiger partial charge in [0.1, 0.15) is 5.75 Å². The number of aryl methyl sites for hydroxylation is 1. The molecule has 2 aromatic rings. The molecule has 0 fully saturated rings. The van der Waals surface area contributed by atoms with Gasteiger partial charge in [0, 0.05) is 16.9 Å². The van der Waals surface area contributed by atoms with Crippen molar-refractivity contribution in [3.05, 3.63) is 41.2 Å². The van der Waals surface area contributed by atoms with Gasteiger partial charge in [-0.1, -0.05) is 13.3 Å². The van der Waals surface area contributed by atoms with Crippen LogP contribution in [0.2, 0.25) is 0 Å². The molecule has 6 nitrogen and oxygen atoms in total. The lowest BCUT2D eigenvalue weighted by Gasteiger charge is -2.09. The van der Waals surface area contributed by atoms with Crippen LogP contribution in [0.5, 0.6) is 5.75 Å². The lowest BCUT2D eigenvalue weighted by Crippen LogP contribution is -2.12. The first-order chi connectivity index (χ1) is 10.2. The van der Waals surface area contributed by atoms with Crippen LogP contribution in [0.3, 0.4) is 0 Å². The molecule has 0 atom stereocenters. The number of H-pyrrole nitrogens is 1. The highest BCUT2D eigenvalue weighted by atomic mass is 16.5. The van der Waals surface area contributed by atoms with Crippen LogP contribution in [-0.2, 0) is 13.0 Å². The number of aromatic nitrogens is 2. The van der Waals surface area contributed by atoms with E-state index in [0.717, 1.165) is 18.5 Å². The van der Waals surface area contributed by atoms with Gasteiger partial charge in [0.2, 0.25) is 0 Å². The van der Waals surface area contributed by atoms with Gasteiger partial charge in [-0.3, -0.25) is 9.89 Å². The van der Waals surface area contributed by atoms with Crippen molar-refractivity contribution < 1.29 is 14.6 Å². The summed E-state index contributed by atoms with van der Waals surface area (Å²) in [4.78, 5) is 12.1. The van der Waals surface area contributed by atoms with E-state index < -0.39 is 0 Å². The van der Waals surface area contributed by atoms with Crippen LogP contribution in [0.4, 0.5) is 5.69 Å². The Balaban J connectivity index is 2.11. The molecule has 0 spiro atoms. The standard InChI is InChI=1S/C15H19N3O3/c1-3-4-12-8-13(18-17-12)15(20)16-11-5-6-14(21-2)10(7-11)9-19/h5-8,19H,3-4,9H2,1-2H3,(H,16,20)(H,17,18). The number of benzene rings is 1. The van der Waals surface area contributed by atoms with Crippen molar-refractivity contribution in [1.82, 2.24) is 10.2 Å². The van der Waals surface area contributed by atoms with Crippen LogP contribution in [-0.4, -0.2) is 28.3 Å². The van der Waals surface area contributed by atoms with Crippen LogP contribution in [0.1, 0.15) is 35.1 Å². The number of hydrogen-bond donors (Lipinski definition) is 3. The first kappa shape index (κ1) is 15.1. The summed E-state index contributed by atoms with van der Waals surface area (Å²) >= 11 is 0. The molecule has 0 aliphatic heterocycles. The number of nitrogens with one attached hydrogen (secondary N) is 2. The Hall–Kier alpha value is -2.34. The van der Waals surface area contributed by atoms with E-state index >= 15 is 0 Å². The van der Waals surface area contributed by atoms with Gasteiger partial charge in [0.15, 0.2) is 5.69 Å². The largest absolute Gasteiger partial charge is 0.496 e. The van der Waals surface area contributed by atoms with Crippen molar-refractivity contribution in [3.63, 3.8) is 0 Å². The van der Waals surface area contributed by atoms with Gasteiger partial charge in [0.05, 0.1) is 13.7 Å². The van der Waals surface area contributed by atoms with E-state index in [1.807, 2.05) is 0 Å². The second-order valence-electron chi connectivity index (χ2n) is 4.67. The van der Waals surface area contributed by atoms with Crippen LogP contribution >= 0.6 is 0 Å². The number of aliphatic hydroxyl groups excluding tert-OH is 1. The second-order valence-corrected chi connectivity index (χ2v) is 4.67. The number of anilines is 1. The van der Waals surface area contributed by atoms with E-state index in [-0.39, 0.29) is 12.5 Å². The van der Waals surface area contributed by atoms with E-state index in [2.05, 4.69) is 22.4 Å². The maximum absolute atomic E-state index is 12.1. The number of hydrogen-bond acceptors (Lipinski definition) is 4. The minimum atomic E-state index is -0.289. The van der Waals surface area contributed by atoms with E-state index in [1.54, 1.807) is 24.3 Å². The van der Waals surface area contributed by atoms with Crippen molar-refractivity contribution in [3.8, 4) is 5.75 Å². The van der Waals surface area contributed by atoms with Crippen molar-refractivity contribution in [2.24, 2.45) is 0 Å². The minimum absolute atomic E-state index is 0.157. The zero-order valence-corrected chi connectivity index (χ0v) is 12.1. The first-order valence-electron chi connectivity index (χ1n) is 6.81. The number of carbonyl (C=O) groups is 1. The molecule has 1 aromatic heterocycles. The fourth-order valence-corrected chi connectivity index (χ4v) is 2.05. The van der Waals surface area contributed by atoms with Crippen molar-refractivity contribution in [1.29, 1.82) is 0 Å². The Kier molecular flexibility index (Phi) is 4.94. The van der Waals surface area contributed by atoms with Gasteiger partial charge in [0.25, 0.3) is 5.91 Å². The number of aromatic amines is 1. The number of ether oxygens (including phenoxy) is 1. The molecule has 0 unspecified atom stereocenters. The molecule has 21 heavy (non-hydrogen) atoms. The Labute approximate surface area is 123 Å². The fourth-order valence-electron chi connectivity index (χ4n) is 2.05. The summed E-state index contributed by atoms with van der Waals surface area (Å²) in [7, 11) is 1.53. The molecule has 0 aliphatic carbocycles. The highest BCUT2D eigenvalue weighted by Gasteiger charge is 2.12. The molecule has 1 amide bonds. The summed E-state index contributed by atoms with van der Waals surface area (Å²) in [6.45, 7) is 1.91. The van der Waals surface area contributed by atoms with Gasteiger partial charge in [-0.05, 0) is 30.7 Å². The topological polar surface area (TPSA) is 87.2 Å². The van der Waals surface area contributed by atoms with Crippen LogP contribution < -0.4 is 10.1 Å². The molecule has 112 valence electrons. The second kappa shape index (κ2) is 6.90. The molecule has 0 radical (unpaired) electrons. The maximum atomic E-state index is 12.1. The molecule has 0 saturated carbocycles. The molecule has 0 bridgehead atoms. The SMILES string of the molecule is CCCc1cc(C(=O)Nc2ccc(OC)c(CO)c2)n[nH]1. The first-order valence-corrected chi connectivity index (χ1v) is 6.81. The molecule has 0 saturated heterocycles. The summed E-state index contributed by atoms with van der Waals surface area (Å²) in [6, 6.07) is 6.84. The number of carbonyl (C=O) groups excluding carboxylic acids is 1. The number of aliphatic hydroxyl groups is 1. The van der Waals surface area contributed by atoms with E-state index in [9.17, 15) is 9.90 Å². The van der Waals surface area contributed by atoms with E-state index in [0.29, 0.717) is 22.7 Å². The number of amides is 1. The van der Waals surface area contributed by atoms with E-state index in [4.69, 9.17) is 4.74 Å². The third kappa shape index (κ3) is 3.61. The molecule has 2 rings (SSSR count). The molecular weight excluding hydrogens is 270 g/mol. The number of rotatable bonds is 6. The Bertz CT molecular complexity index is 622. The normalized spacial score (nSPS) is 10.4. The van der Waals surface area contributed by atoms with Gasteiger partial charge in [-0.15, -0.1) is 0 Å². The number of methoxy groups -OCH3 is 1. The molecule has 1 aromatic carbocycles. The highest BCUT2D eigenvalue weighted by Crippen LogP contribution is 2.22. The summed E-state index contributed by atoms with van der Waals surface area (Å²) < 4.78 is 5.12. The van der Waals surface area contributed by atoms with Crippen molar-refractivity contribution in [2.45, 2.75) is 26.4 Å². The molecule has 0 aliphatic rings. The Morgan fingerprint density at radius 3 is 2.90 bits per heavy atom. The van der Waals surface area contributed by atoms with E-state index in [1.165, 1.54) is 7.11 Å². The number of nitrogens with zero attached hydrogens (tertiary/aromatic N) is 1. The zero-order valence-electron chi connectivity index (χ0n) is 12.1. The predicted octanol–water partition coefficient (Wildman–Crippen LogP) is 2.12. The maximum Gasteiger partial charge on any atom is 0.276 e. The van der Waals surface area contributed by atoms with Gasteiger partial charge < -0.3 is 15.2 Å². The summed E-state index contributed by atoms with van der Waals surface area (Å²) in [5.74, 6) is 0.295. The van der Waals surface area contributed by atoms with Crippen LogP contribution in [0, 0.1) is 0 Å². The molecular formula is C15H19N3O3. The van der Waals surface area contributed by atoms with Gasteiger partial charge >= 0.3 is 0 Å².